The zero-order chi connectivity index (χ0) is 12.3. The average molecular weight is 257 g/mol. The van der Waals surface area contributed by atoms with Crippen LogP contribution in [0.15, 0.2) is 18.2 Å². The van der Waals surface area contributed by atoms with Crippen LogP contribution in [-0.2, 0) is 0 Å². The number of halogens is 2. The molecule has 1 aliphatic heterocycles. The highest BCUT2D eigenvalue weighted by atomic mass is 35.5. The summed E-state index contributed by atoms with van der Waals surface area (Å²) in [6.45, 7) is 6.24. The van der Waals surface area contributed by atoms with Crippen molar-refractivity contribution in [3.8, 4) is 0 Å². The van der Waals surface area contributed by atoms with E-state index in [-0.39, 0.29) is 10.8 Å². The van der Waals surface area contributed by atoms with Gasteiger partial charge in [-0.1, -0.05) is 18.5 Å². The molecular weight excluding hydrogens is 239 g/mol. The third-order valence-electron chi connectivity index (χ3n) is 3.24. The molecule has 1 N–H and O–H groups in total. The van der Waals surface area contributed by atoms with E-state index in [0.717, 1.165) is 31.9 Å². The third kappa shape index (κ3) is 3.11. The number of benzene rings is 1. The molecule has 0 aliphatic carbocycles. The van der Waals surface area contributed by atoms with Crippen molar-refractivity contribution in [2.24, 2.45) is 5.92 Å². The first-order valence-corrected chi connectivity index (χ1v) is 6.49. The maximum atomic E-state index is 13.1. The van der Waals surface area contributed by atoms with Crippen LogP contribution in [0.3, 0.4) is 0 Å². The second-order valence-corrected chi connectivity index (χ2v) is 4.91. The van der Waals surface area contributed by atoms with Crippen LogP contribution in [0.1, 0.15) is 13.3 Å². The molecule has 0 amide bonds. The number of anilines is 1. The van der Waals surface area contributed by atoms with E-state index in [9.17, 15) is 4.39 Å². The summed E-state index contributed by atoms with van der Waals surface area (Å²) in [4.78, 5) is 2.27. The number of nitrogens with zero attached hydrogens (tertiary/aromatic N) is 1. The van der Waals surface area contributed by atoms with Gasteiger partial charge in [-0.05, 0) is 43.6 Å². The Morgan fingerprint density at radius 1 is 1.53 bits per heavy atom. The SMILES string of the molecule is CCNCC1CCN(c2ccc(F)c(Cl)c2)C1. The van der Waals surface area contributed by atoms with Crippen LogP contribution < -0.4 is 10.2 Å². The van der Waals surface area contributed by atoms with E-state index >= 15 is 0 Å². The first kappa shape index (κ1) is 12.7. The van der Waals surface area contributed by atoms with Gasteiger partial charge in [-0.15, -0.1) is 0 Å². The van der Waals surface area contributed by atoms with E-state index in [0.29, 0.717) is 5.92 Å². The smallest absolute Gasteiger partial charge is 0.141 e. The van der Waals surface area contributed by atoms with Gasteiger partial charge in [-0.3, -0.25) is 0 Å². The van der Waals surface area contributed by atoms with Crippen molar-refractivity contribution in [2.75, 3.05) is 31.1 Å². The zero-order valence-corrected chi connectivity index (χ0v) is 10.8. The van der Waals surface area contributed by atoms with Crippen molar-refractivity contribution < 1.29 is 4.39 Å². The average Bonchev–Trinajstić information content (AvgIpc) is 2.79. The molecule has 0 spiro atoms. The van der Waals surface area contributed by atoms with Gasteiger partial charge in [0.1, 0.15) is 5.82 Å². The number of rotatable bonds is 4. The third-order valence-corrected chi connectivity index (χ3v) is 3.53. The highest BCUT2D eigenvalue weighted by Crippen LogP contribution is 2.27. The molecule has 17 heavy (non-hydrogen) atoms. The van der Waals surface area contributed by atoms with Crippen LogP contribution in [0.2, 0.25) is 5.02 Å². The molecule has 1 fully saturated rings. The van der Waals surface area contributed by atoms with Crippen molar-refractivity contribution in [3.05, 3.63) is 29.0 Å². The summed E-state index contributed by atoms with van der Waals surface area (Å²) in [5, 5.41) is 3.58. The lowest BCUT2D eigenvalue weighted by atomic mass is 10.1. The summed E-state index contributed by atoms with van der Waals surface area (Å²) in [5.41, 5.74) is 1.02. The molecule has 2 rings (SSSR count). The van der Waals surface area contributed by atoms with E-state index in [1.165, 1.54) is 12.5 Å². The Hall–Kier alpha value is -0.800. The van der Waals surface area contributed by atoms with Crippen molar-refractivity contribution >= 4 is 17.3 Å². The molecule has 1 aromatic rings. The molecule has 4 heteroatoms. The van der Waals surface area contributed by atoms with E-state index in [1.54, 1.807) is 12.1 Å². The molecule has 1 unspecified atom stereocenters. The normalized spacial score (nSPS) is 19.9. The molecule has 2 nitrogen and oxygen atoms in total. The van der Waals surface area contributed by atoms with Crippen LogP contribution in [0.5, 0.6) is 0 Å². The Morgan fingerprint density at radius 2 is 2.35 bits per heavy atom. The minimum absolute atomic E-state index is 0.206. The summed E-state index contributed by atoms with van der Waals surface area (Å²) in [5.74, 6) is 0.331. The van der Waals surface area contributed by atoms with Gasteiger partial charge in [-0.2, -0.15) is 0 Å². The fraction of sp³-hybridized carbons (Fsp3) is 0.538. The molecule has 1 saturated heterocycles. The second-order valence-electron chi connectivity index (χ2n) is 4.51. The molecule has 1 aromatic carbocycles. The fourth-order valence-electron chi connectivity index (χ4n) is 2.26. The predicted molar refractivity (Wildman–Crippen MR) is 70.3 cm³/mol. The molecule has 1 heterocycles. The molecule has 0 saturated carbocycles. The van der Waals surface area contributed by atoms with E-state index in [2.05, 4.69) is 17.1 Å². The standard InChI is InChI=1S/C13H18ClFN2/c1-2-16-8-10-5-6-17(9-10)11-3-4-13(15)12(14)7-11/h3-4,7,10,16H,2,5-6,8-9H2,1H3. The quantitative estimate of drug-likeness (QED) is 0.891. The van der Waals surface area contributed by atoms with Crippen molar-refractivity contribution in [1.29, 1.82) is 0 Å². The Bertz CT molecular complexity index is 384. The number of hydrogen-bond donors (Lipinski definition) is 1. The lowest BCUT2D eigenvalue weighted by Crippen LogP contribution is -2.26. The van der Waals surface area contributed by atoms with Gasteiger partial charge < -0.3 is 10.2 Å². The van der Waals surface area contributed by atoms with Crippen molar-refractivity contribution in [1.82, 2.24) is 5.32 Å². The topological polar surface area (TPSA) is 15.3 Å². The molecule has 0 radical (unpaired) electrons. The van der Waals surface area contributed by atoms with Crippen molar-refractivity contribution in [2.45, 2.75) is 13.3 Å². The Balaban J connectivity index is 1.97. The van der Waals surface area contributed by atoms with Crippen molar-refractivity contribution in [3.63, 3.8) is 0 Å². The molecular formula is C13H18ClFN2. The summed E-state index contributed by atoms with van der Waals surface area (Å²) < 4.78 is 13.1. The first-order chi connectivity index (χ1) is 8.20. The van der Waals surface area contributed by atoms with Crippen LogP contribution in [0.25, 0.3) is 0 Å². The van der Waals surface area contributed by atoms with Gasteiger partial charge in [0, 0.05) is 18.8 Å². The lowest BCUT2D eigenvalue weighted by molar-refractivity contribution is 0.528. The predicted octanol–water partition coefficient (Wildman–Crippen LogP) is 2.91. The summed E-state index contributed by atoms with van der Waals surface area (Å²) in [6, 6.07) is 4.96. The largest absolute Gasteiger partial charge is 0.371 e. The van der Waals surface area contributed by atoms with E-state index in [4.69, 9.17) is 11.6 Å². The molecule has 1 atom stereocenters. The maximum Gasteiger partial charge on any atom is 0.141 e. The lowest BCUT2D eigenvalue weighted by Gasteiger charge is -2.19. The monoisotopic (exact) mass is 256 g/mol. The summed E-state index contributed by atoms with van der Waals surface area (Å²) in [6.07, 6.45) is 1.18. The van der Waals surface area contributed by atoms with Gasteiger partial charge in [0.2, 0.25) is 0 Å². The molecule has 94 valence electrons. The highest BCUT2D eigenvalue weighted by molar-refractivity contribution is 6.31. The Morgan fingerprint density at radius 3 is 3.06 bits per heavy atom. The maximum absolute atomic E-state index is 13.1. The Kier molecular flexibility index (Phi) is 4.24. The minimum Gasteiger partial charge on any atom is -0.371 e. The number of hydrogen-bond acceptors (Lipinski definition) is 2. The van der Waals surface area contributed by atoms with Crippen LogP contribution >= 0.6 is 11.6 Å². The highest BCUT2D eigenvalue weighted by Gasteiger charge is 2.22. The van der Waals surface area contributed by atoms with Crippen LogP contribution in [-0.4, -0.2) is 26.2 Å². The van der Waals surface area contributed by atoms with Crippen LogP contribution in [0.4, 0.5) is 10.1 Å². The fourth-order valence-corrected chi connectivity index (χ4v) is 2.44. The molecule has 0 aromatic heterocycles. The molecule has 0 bridgehead atoms. The van der Waals surface area contributed by atoms with Gasteiger partial charge >= 0.3 is 0 Å². The summed E-state index contributed by atoms with van der Waals surface area (Å²) in [7, 11) is 0. The summed E-state index contributed by atoms with van der Waals surface area (Å²) >= 11 is 5.80. The second kappa shape index (κ2) is 5.69. The first-order valence-electron chi connectivity index (χ1n) is 6.11. The van der Waals surface area contributed by atoms with Crippen LogP contribution in [0, 0.1) is 11.7 Å². The molecule has 1 aliphatic rings. The van der Waals surface area contributed by atoms with Gasteiger partial charge in [0.25, 0.3) is 0 Å². The minimum atomic E-state index is -0.348. The van der Waals surface area contributed by atoms with E-state index in [1.807, 2.05) is 0 Å². The number of nitrogens with one attached hydrogen (secondary N) is 1. The van der Waals surface area contributed by atoms with Gasteiger partial charge in [0.15, 0.2) is 0 Å². The van der Waals surface area contributed by atoms with E-state index < -0.39 is 0 Å². The Labute approximate surface area is 107 Å². The zero-order valence-electron chi connectivity index (χ0n) is 10.0. The van der Waals surface area contributed by atoms with Gasteiger partial charge in [-0.25, -0.2) is 4.39 Å². The van der Waals surface area contributed by atoms with Gasteiger partial charge in [0.05, 0.1) is 5.02 Å².